The summed E-state index contributed by atoms with van der Waals surface area (Å²) in [5, 5.41) is 7.10. The van der Waals surface area contributed by atoms with E-state index in [-0.39, 0.29) is 0 Å². The third kappa shape index (κ3) is 2.37. The Labute approximate surface area is 137 Å². The molecule has 7 heteroatoms. The summed E-state index contributed by atoms with van der Waals surface area (Å²) in [6, 6.07) is 11.5. The summed E-state index contributed by atoms with van der Waals surface area (Å²) >= 11 is 6.14. The van der Waals surface area contributed by atoms with E-state index < -0.39 is 0 Å². The van der Waals surface area contributed by atoms with Crippen LogP contribution >= 0.6 is 11.6 Å². The van der Waals surface area contributed by atoms with Gasteiger partial charge < -0.3 is 10.1 Å². The van der Waals surface area contributed by atoms with Gasteiger partial charge in [0.05, 0.1) is 18.1 Å². The van der Waals surface area contributed by atoms with Crippen LogP contribution in [0.5, 0.6) is 5.75 Å². The second-order valence-electron chi connectivity index (χ2n) is 5.26. The summed E-state index contributed by atoms with van der Waals surface area (Å²) in [5.74, 6) is 1.96. The summed E-state index contributed by atoms with van der Waals surface area (Å²) in [7, 11) is 1.63. The molecule has 0 atom stereocenters. The zero-order valence-corrected chi connectivity index (χ0v) is 13.3. The molecule has 2 aromatic heterocycles. The number of aromatic nitrogens is 4. The van der Waals surface area contributed by atoms with E-state index in [1.54, 1.807) is 7.11 Å². The second kappa shape index (κ2) is 5.17. The molecule has 0 radical (unpaired) electrons. The molecule has 0 aliphatic carbocycles. The first-order valence-electron chi connectivity index (χ1n) is 7.09. The molecule has 0 bridgehead atoms. The number of imidazole rings is 1. The average Bonchev–Trinajstić information content (AvgIpc) is 3.07. The van der Waals surface area contributed by atoms with E-state index in [4.69, 9.17) is 16.3 Å². The number of nitrogens with zero attached hydrogens (tertiary/aromatic N) is 3. The minimum Gasteiger partial charge on any atom is -0.497 e. The fraction of sp³-hybridized carbons (Fsp3) is 0.125. The van der Waals surface area contributed by atoms with Gasteiger partial charge in [0.2, 0.25) is 5.95 Å². The van der Waals surface area contributed by atoms with Crippen molar-refractivity contribution in [1.29, 1.82) is 0 Å². The van der Waals surface area contributed by atoms with E-state index >= 15 is 0 Å². The van der Waals surface area contributed by atoms with Crippen LogP contribution < -0.4 is 10.1 Å². The largest absolute Gasteiger partial charge is 0.497 e. The van der Waals surface area contributed by atoms with Crippen molar-refractivity contribution in [2.45, 2.75) is 6.92 Å². The Kier molecular flexibility index (Phi) is 3.12. The zero-order valence-electron chi connectivity index (χ0n) is 12.6. The number of rotatable bonds is 3. The predicted octanol–water partition coefficient (Wildman–Crippen LogP) is 3.92. The van der Waals surface area contributed by atoms with Crippen LogP contribution in [0.4, 0.5) is 11.6 Å². The number of halogens is 1. The van der Waals surface area contributed by atoms with Gasteiger partial charge in [0.1, 0.15) is 5.75 Å². The highest BCUT2D eigenvalue weighted by molar-refractivity contribution is 6.31. The normalized spacial score (nSPS) is 11.3. The maximum Gasteiger partial charge on any atom is 0.253 e. The van der Waals surface area contributed by atoms with Gasteiger partial charge in [-0.15, -0.1) is 0 Å². The fourth-order valence-electron chi connectivity index (χ4n) is 2.45. The maximum atomic E-state index is 6.14. The number of aromatic amines is 1. The Balaban J connectivity index is 1.72. The molecule has 0 saturated carbocycles. The first-order valence-corrected chi connectivity index (χ1v) is 7.47. The first kappa shape index (κ1) is 13.9. The lowest BCUT2D eigenvalue weighted by Gasteiger charge is -2.04. The molecule has 0 saturated heterocycles. The van der Waals surface area contributed by atoms with Crippen LogP contribution in [0.3, 0.4) is 0 Å². The number of aryl methyl sites for hydroxylation is 1. The highest BCUT2D eigenvalue weighted by atomic mass is 35.5. The van der Waals surface area contributed by atoms with Gasteiger partial charge in [-0.2, -0.15) is 4.98 Å². The third-order valence-electron chi connectivity index (χ3n) is 3.71. The SMILES string of the molecule is COc1ccc2c(c1)nc1nc(Nc3ccc(C)c(Cl)c3)[nH]n12. The van der Waals surface area contributed by atoms with Crippen molar-refractivity contribution in [1.82, 2.24) is 19.6 Å². The molecule has 0 unspecified atom stereocenters. The standard InChI is InChI=1S/C16H14ClN5O/c1-9-3-4-10(7-12(9)17)18-15-20-16-19-13-8-11(23-2)5-6-14(13)22(16)21-15/h3-8H,1-2H3,(H2,18,19,20,21). The summed E-state index contributed by atoms with van der Waals surface area (Å²) in [5.41, 5.74) is 3.66. The molecule has 0 amide bonds. The van der Waals surface area contributed by atoms with E-state index in [2.05, 4.69) is 20.4 Å². The van der Waals surface area contributed by atoms with Crippen molar-refractivity contribution in [3.05, 3.63) is 47.0 Å². The summed E-state index contributed by atoms with van der Waals surface area (Å²) in [6.45, 7) is 1.97. The Bertz CT molecular complexity index is 1020. The Morgan fingerprint density at radius 3 is 2.83 bits per heavy atom. The maximum absolute atomic E-state index is 6.14. The minimum absolute atomic E-state index is 0.592. The molecular weight excluding hydrogens is 314 g/mol. The number of methoxy groups -OCH3 is 1. The van der Waals surface area contributed by atoms with Crippen LogP contribution in [0.2, 0.25) is 5.02 Å². The molecule has 4 rings (SSSR count). The topological polar surface area (TPSA) is 67.2 Å². The number of anilines is 2. The quantitative estimate of drug-likeness (QED) is 0.598. The monoisotopic (exact) mass is 327 g/mol. The molecule has 0 spiro atoms. The van der Waals surface area contributed by atoms with Gasteiger partial charge in [0, 0.05) is 16.8 Å². The van der Waals surface area contributed by atoms with Crippen molar-refractivity contribution in [2.75, 3.05) is 12.4 Å². The van der Waals surface area contributed by atoms with Gasteiger partial charge >= 0.3 is 0 Å². The van der Waals surface area contributed by atoms with Crippen molar-refractivity contribution < 1.29 is 4.74 Å². The van der Waals surface area contributed by atoms with Crippen LogP contribution in [0.15, 0.2) is 36.4 Å². The first-order chi connectivity index (χ1) is 11.1. The number of H-pyrrole nitrogens is 1. The summed E-state index contributed by atoms with van der Waals surface area (Å²) in [4.78, 5) is 8.95. The number of fused-ring (bicyclic) bond motifs is 3. The van der Waals surface area contributed by atoms with Crippen LogP contribution in [-0.4, -0.2) is 26.7 Å². The molecule has 0 fully saturated rings. The van der Waals surface area contributed by atoms with E-state index in [1.165, 1.54) is 0 Å². The van der Waals surface area contributed by atoms with Crippen LogP contribution in [-0.2, 0) is 0 Å². The average molecular weight is 328 g/mol. The molecule has 2 heterocycles. The van der Waals surface area contributed by atoms with E-state index in [0.717, 1.165) is 28.0 Å². The van der Waals surface area contributed by atoms with Crippen molar-refractivity contribution in [3.63, 3.8) is 0 Å². The molecule has 23 heavy (non-hydrogen) atoms. The van der Waals surface area contributed by atoms with Gasteiger partial charge in [-0.1, -0.05) is 17.7 Å². The number of benzene rings is 2. The summed E-state index contributed by atoms with van der Waals surface area (Å²) < 4.78 is 7.04. The lowest BCUT2D eigenvalue weighted by atomic mass is 10.2. The zero-order chi connectivity index (χ0) is 16.0. The molecule has 4 aromatic rings. The molecule has 0 aliphatic rings. The van der Waals surface area contributed by atoms with E-state index in [0.29, 0.717) is 16.7 Å². The Morgan fingerprint density at radius 2 is 2.04 bits per heavy atom. The molecule has 116 valence electrons. The highest BCUT2D eigenvalue weighted by Gasteiger charge is 2.10. The van der Waals surface area contributed by atoms with Crippen molar-refractivity contribution in [2.24, 2.45) is 0 Å². The number of hydrogen-bond acceptors (Lipinski definition) is 4. The highest BCUT2D eigenvalue weighted by Crippen LogP contribution is 2.24. The van der Waals surface area contributed by atoms with Crippen molar-refractivity contribution >= 4 is 40.0 Å². The lowest BCUT2D eigenvalue weighted by molar-refractivity contribution is 0.415. The fourth-order valence-corrected chi connectivity index (χ4v) is 2.63. The van der Waals surface area contributed by atoms with E-state index in [9.17, 15) is 0 Å². The number of hydrogen-bond donors (Lipinski definition) is 2. The third-order valence-corrected chi connectivity index (χ3v) is 4.12. The van der Waals surface area contributed by atoms with Crippen LogP contribution in [0.25, 0.3) is 16.8 Å². The molecule has 2 aromatic carbocycles. The van der Waals surface area contributed by atoms with E-state index in [1.807, 2.05) is 47.8 Å². The summed E-state index contributed by atoms with van der Waals surface area (Å²) in [6.07, 6.45) is 0. The number of nitrogens with one attached hydrogen (secondary N) is 2. The van der Waals surface area contributed by atoms with Gasteiger partial charge in [0.25, 0.3) is 5.78 Å². The molecular formula is C16H14ClN5O. The number of ether oxygens (including phenoxy) is 1. The minimum atomic E-state index is 0.592. The molecule has 0 aliphatic heterocycles. The lowest BCUT2D eigenvalue weighted by Crippen LogP contribution is -1.94. The molecule has 2 N–H and O–H groups in total. The predicted molar refractivity (Wildman–Crippen MR) is 90.9 cm³/mol. The van der Waals surface area contributed by atoms with Crippen molar-refractivity contribution in [3.8, 4) is 5.75 Å². The Hall–Kier alpha value is -2.73. The smallest absolute Gasteiger partial charge is 0.253 e. The van der Waals surface area contributed by atoms with Gasteiger partial charge in [-0.3, -0.25) is 5.10 Å². The van der Waals surface area contributed by atoms with Gasteiger partial charge in [-0.25, -0.2) is 9.50 Å². The van der Waals surface area contributed by atoms with Gasteiger partial charge in [0.15, 0.2) is 0 Å². The van der Waals surface area contributed by atoms with Crippen LogP contribution in [0.1, 0.15) is 5.56 Å². The van der Waals surface area contributed by atoms with Crippen LogP contribution in [0, 0.1) is 6.92 Å². The van der Waals surface area contributed by atoms with Gasteiger partial charge in [-0.05, 0) is 36.8 Å². The molecule has 6 nitrogen and oxygen atoms in total. The Morgan fingerprint density at radius 1 is 1.17 bits per heavy atom. The second-order valence-corrected chi connectivity index (χ2v) is 5.67.